The fourth-order valence-corrected chi connectivity index (χ4v) is 14.1. The van der Waals surface area contributed by atoms with E-state index in [2.05, 4.69) is 64.3 Å². The summed E-state index contributed by atoms with van der Waals surface area (Å²) in [6.07, 6.45) is 11.2. The van der Waals surface area contributed by atoms with Gasteiger partial charge in [0.15, 0.2) is 5.82 Å². The van der Waals surface area contributed by atoms with Crippen molar-refractivity contribution in [2.45, 2.75) is 147 Å². The molecule has 17 heteroatoms. The van der Waals surface area contributed by atoms with E-state index in [1.54, 1.807) is 24.5 Å². The van der Waals surface area contributed by atoms with Crippen LogP contribution < -0.4 is 20.4 Å². The lowest BCUT2D eigenvalue weighted by Gasteiger charge is -2.48. The summed E-state index contributed by atoms with van der Waals surface area (Å²) in [5, 5.41) is 16.5. The fourth-order valence-electron chi connectivity index (χ4n) is 14.1. The molecule has 6 aliphatic heterocycles. The Kier molecular flexibility index (Phi) is 13.6. The highest BCUT2D eigenvalue weighted by molar-refractivity contribution is 6.09. The first-order valence-electron chi connectivity index (χ1n) is 28.6. The Labute approximate surface area is 450 Å². The number of hydrogen-bond acceptors (Lipinski definition) is 11. The number of para-hydroxylation sites is 1. The predicted octanol–water partition coefficient (Wildman–Crippen LogP) is 8.35. The average molecular weight is 1050 g/mol. The third-order valence-electron chi connectivity index (χ3n) is 18.9. The summed E-state index contributed by atoms with van der Waals surface area (Å²) in [5.74, 6) is 1.01. The number of fused-ring (bicyclic) bond motifs is 3. The number of pyridine rings is 2. The number of carbonyl (C=O) groups is 4. The number of aryl methyl sites for hydroxylation is 1. The van der Waals surface area contributed by atoms with Gasteiger partial charge in [-0.25, -0.2) is 19.3 Å². The first-order chi connectivity index (χ1) is 37.2. The number of anilines is 4. The molecule has 0 bridgehead atoms. The molecular weight excluding hydrogens is 974 g/mol. The number of nitrogens with one attached hydrogen (secondary N) is 2. The number of hydrogen-bond donors (Lipinski definition) is 3. The smallest absolute Gasteiger partial charge is 0.238 e. The largest absolute Gasteiger partial charge is 0.373 e. The zero-order valence-corrected chi connectivity index (χ0v) is 45.1. The molecule has 2 atom stereocenters. The molecule has 3 N–H and O–H groups in total. The van der Waals surface area contributed by atoms with Crippen LogP contribution in [0.15, 0.2) is 67.0 Å². The molecule has 16 nitrogen and oxygen atoms in total. The Morgan fingerprint density at radius 2 is 1.56 bits per heavy atom. The molecule has 5 saturated heterocycles. The number of likely N-dealkylation sites (tertiary alicyclic amines) is 3. The molecule has 1 saturated carbocycles. The molecular formula is C60H74FN11O5. The summed E-state index contributed by atoms with van der Waals surface area (Å²) in [4.78, 5) is 81.7. The summed E-state index contributed by atoms with van der Waals surface area (Å²) in [5.41, 5.74) is 5.75. The molecule has 6 fully saturated rings. The first kappa shape index (κ1) is 51.3. The molecule has 77 heavy (non-hydrogen) atoms. The van der Waals surface area contributed by atoms with E-state index in [1.165, 1.54) is 25.3 Å². The minimum absolute atomic E-state index is 0.0759. The second-order valence-electron chi connectivity index (χ2n) is 23.9. The first-order valence-corrected chi connectivity index (χ1v) is 28.6. The van der Waals surface area contributed by atoms with Crippen LogP contribution in [0.2, 0.25) is 0 Å². The van der Waals surface area contributed by atoms with Gasteiger partial charge in [-0.15, -0.1) is 0 Å². The van der Waals surface area contributed by atoms with Crippen LogP contribution in [-0.2, 0) is 24.6 Å². The molecule has 9 heterocycles. The maximum absolute atomic E-state index is 15.4. The van der Waals surface area contributed by atoms with E-state index in [-0.39, 0.29) is 53.4 Å². The number of aliphatic hydroxyl groups excluding tert-OH is 1. The summed E-state index contributed by atoms with van der Waals surface area (Å²) >= 11 is 0. The topological polar surface area (TPSA) is 172 Å². The standard InChI is InChI=1S/C60H74FN11O5/c1-37(2)71-36-62-49-35-48(65-54(53(49)71)64-47-11-7-6-10-46(47)61)40-12-15-45-50(32-40)72(42-33-41(34-42)67-24-8-5-9-25-67)58(77)60(45)22-30-70(31-23-60)57(76)59(4)20-28-69(29-21-59)56(75)39-18-26-68(27-19-39)51-16-13-43(38(3)63-51)44-14-17-52(73)66-55(44)74/h6-7,10-13,15-16,32,35-37,39,41-42,44,55,74H,5,8-9,14,17-31,33-34H2,1-4H3,(H,64,65)(H,66,73). The van der Waals surface area contributed by atoms with Crippen molar-refractivity contribution in [1.29, 1.82) is 0 Å². The van der Waals surface area contributed by atoms with Gasteiger partial charge in [-0.3, -0.25) is 19.2 Å². The van der Waals surface area contributed by atoms with Gasteiger partial charge in [0.1, 0.15) is 23.4 Å². The van der Waals surface area contributed by atoms with Crippen molar-refractivity contribution in [3.63, 3.8) is 0 Å². The summed E-state index contributed by atoms with van der Waals surface area (Å²) in [6, 6.07) is 19.6. The van der Waals surface area contributed by atoms with E-state index in [0.29, 0.717) is 101 Å². The number of aliphatic hydroxyl groups is 1. The van der Waals surface area contributed by atoms with Crippen LogP contribution in [-0.4, -0.2) is 134 Å². The number of imidazole rings is 1. The summed E-state index contributed by atoms with van der Waals surface area (Å²) in [7, 11) is 0. The number of halogens is 1. The number of carbonyl (C=O) groups excluding carboxylic acids is 4. The van der Waals surface area contributed by atoms with Crippen LogP contribution in [0.25, 0.3) is 22.3 Å². The lowest BCUT2D eigenvalue weighted by atomic mass is 9.72. The molecule has 1 spiro atoms. The maximum Gasteiger partial charge on any atom is 0.238 e. The minimum Gasteiger partial charge on any atom is -0.373 e. The normalized spacial score (nSPS) is 24.8. The molecule has 2 unspecified atom stereocenters. The molecule has 7 aliphatic rings. The second-order valence-corrected chi connectivity index (χ2v) is 23.9. The average Bonchev–Trinajstić information content (AvgIpc) is 4.21. The molecule has 1 aliphatic carbocycles. The van der Waals surface area contributed by atoms with Crippen molar-refractivity contribution < 1.29 is 28.7 Å². The van der Waals surface area contributed by atoms with Gasteiger partial charge >= 0.3 is 0 Å². The second kappa shape index (κ2) is 20.4. The van der Waals surface area contributed by atoms with Crippen LogP contribution in [0.4, 0.5) is 27.4 Å². The van der Waals surface area contributed by atoms with Gasteiger partial charge in [0, 0.05) is 98.0 Å². The minimum atomic E-state index is -0.919. The van der Waals surface area contributed by atoms with Gasteiger partial charge in [0.05, 0.1) is 28.6 Å². The third-order valence-corrected chi connectivity index (χ3v) is 18.9. The number of piperidine rings is 5. The number of amides is 4. The lowest BCUT2D eigenvalue weighted by molar-refractivity contribution is -0.150. The van der Waals surface area contributed by atoms with E-state index < -0.39 is 17.1 Å². The Balaban J connectivity index is 0.722. The van der Waals surface area contributed by atoms with E-state index in [1.807, 2.05) is 39.5 Å². The van der Waals surface area contributed by atoms with Gasteiger partial charge in [0.25, 0.3) is 0 Å². The Morgan fingerprint density at radius 3 is 2.26 bits per heavy atom. The Morgan fingerprint density at radius 1 is 0.831 bits per heavy atom. The van der Waals surface area contributed by atoms with E-state index in [9.17, 15) is 19.5 Å². The fraction of sp³-hybridized carbons (Fsp3) is 0.550. The van der Waals surface area contributed by atoms with Crippen LogP contribution in [0.3, 0.4) is 0 Å². The van der Waals surface area contributed by atoms with Gasteiger partial charge in [-0.05, 0) is 146 Å². The van der Waals surface area contributed by atoms with E-state index >= 15 is 9.18 Å². The summed E-state index contributed by atoms with van der Waals surface area (Å²) in [6.45, 7) is 13.9. The van der Waals surface area contributed by atoms with Crippen molar-refractivity contribution >= 4 is 57.7 Å². The predicted molar refractivity (Wildman–Crippen MR) is 294 cm³/mol. The molecule has 3 aromatic heterocycles. The van der Waals surface area contributed by atoms with Crippen molar-refractivity contribution in [1.82, 2.24) is 39.5 Å². The number of nitrogens with zero attached hydrogens (tertiary/aromatic N) is 9. The van der Waals surface area contributed by atoms with Crippen molar-refractivity contribution in [2.75, 3.05) is 67.5 Å². The van der Waals surface area contributed by atoms with E-state index in [0.717, 1.165) is 83.7 Å². The van der Waals surface area contributed by atoms with Crippen LogP contribution in [0.1, 0.15) is 133 Å². The summed E-state index contributed by atoms with van der Waals surface area (Å²) < 4.78 is 17.2. The van der Waals surface area contributed by atoms with Crippen LogP contribution in [0.5, 0.6) is 0 Å². The zero-order valence-electron chi connectivity index (χ0n) is 45.1. The third kappa shape index (κ3) is 9.31. The van der Waals surface area contributed by atoms with Crippen molar-refractivity contribution in [3.05, 3.63) is 89.6 Å². The van der Waals surface area contributed by atoms with Gasteiger partial charge in [-0.2, -0.15) is 0 Å². The van der Waals surface area contributed by atoms with Crippen LogP contribution in [0, 0.1) is 24.1 Å². The molecule has 406 valence electrons. The van der Waals surface area contributed by atoms with Gasteiger partial charge in [-0.1, -0.05) is 43.7 Å². The number of aromatic nitrogens is 4. The highest BCUT2D eigenvalue weighted by atomic mass is 19.1. The monoisotopic (exact) mass is 1050 g/mol. The molecule has 0 radical (unpaired) electrons. The Bertz CT molecular complexity index is 3090. The Hall–Kier alpha value is -6.46. The highest BCUT2D eigenvalue weighted by Gasteiger charge is 2.56. The van der Waals surface area contributed by atoms with E-state index in [4.69, 9.17) is 15.0 Å². The zero-order chi connectivity index (χ0) is 53.3. The molecule has 2 aromatic carbocycles. The molecule has 5 aromatic rings. The van der Waals surface area contributed by atoms with Gasteiger partial charge in [0.2, 0.25) is 23.6 Å². The van der Waals surface area contributed by atoms with Gasteiger partial charge < -0.3 is 44.8 Å². The SMILES string of the molecule is Cc1nc(N2CCC(C(=O)N3CCC(C)(C(=O)N4CCC5(CC4)C(=O)N(C4CC(N6CCCCC6)C4)c4cc(-c6cc7ncn(C(C)C)c7c(Nc7ccccc7F)n6)ccc45)CC3)CC2)ccc1C1CCC(=O)NC1O. The highest BCUT2D eigenvalue weighted by Crippen LogP contribution is 2.53. The maximum atomic E-state index is 15.4. The quantitative estimate of drug-likeness (QED) is 0.123. The van der Waals surface area contributed by atoms with Crippen molar-refractivity contribution in [2.24, 2.45) is 11.3 Å². The number of rotatable bonds is 10. The van der Waals surface area contributed by atoms with Crippen LogP contribution >= 0.6 is 0 Å². The molecule has 12 rings (SSSR count). The lowest BCUT2D eigenvalue weighted by Crippen LogP contribution is -2.59. The number of benzene rings is 2. The molecule has 4 amide bonds. The van der Waals surface area contributed by atoms with Crippen molar-refractivity contribution in [3.8, 4) is 11.3 Å².